The minimum absolute atomic E-state index is 0.0805. The number of allylic oxidation sites excluding steroid dienone is 1. The van der Waals surface area contributed by atoms with Crippen molar-refractivity contribution in [2.45, 2.75) is 67.4 Å². The second-order valence-electron chi connectivity index (χ2n) is 8.55. The topological polar surface area (TPSA) is 54.4 Å². The fourth-order valence-corrected chi connectivity index (χ4v) is 7.51. The highest BCUT2D eigenvalue weighted by atomic mass is 79.9. The highest BCUT2D eigenvalue weighted by Gasteiger charge is 2.34. The summed E-state index contributed by atoms with van der Waals surface area (Å²) in [5, 5.41) is 11.1. The van der Waals surface area contributed by atoms with Crippen molar-refractivity contribution in [3.05, 3.63) is 70.7 Å². The Labute approximate surface area is 194 Å². The molecule has 6 heteroatoms. The number of halogens is 1. The first-order chi connectivity index (χ1) is 14.0. The van der Waals surface area contributed by atoms with Gasteiger partial charge < -0.3 is 5.11 Å². The summed E-state index contributed by atoms with van der Waals surface area (Å²) >= 11 is 3.41. The van der Waals surface area contributed by atoms with Crippen LogP contribution in [-0.4, -0.2) is 24.2 Å². The standard InChI is InChI=1S/C24H31BrO3S2/c1-17-6-10-20(11-7-17)29(27)23(30(28)21-12-8-18(2)9-13-21)22(26)14-15-24(4,5)16-19(3)25/h6-13,22-23,26H,3,14-16H2,1-2,4-5H3/t22-,29-,30-/m0/s1. The van der Waals surface area contributed by atoms with E-state index in [0.717, 1.165) is 22.0 Å². The van der Waals surface area contributed by atoms with Crippen molar-refractivity contribution in [3.63, 3.8) is 0 Å². The van der Waals surface area contributed by atoms with Gasteiger partial charge in [0.25, 0.3) is 0 Å². The average molecular weight is 512 g/mol. The van der Waals surface area contributed by atoms with Gasteiger partial charge in [0, 0.05) is 9.79 Å². The first-order valence-electron chi connectivity index (χ1n) is 9.96. The monoisotopic (exact) mass is 510 g/mol. The summed E-state index contributed by atoms with van der Waals surface area (Å²) in [5.74, 6) is 0. The number of aliphatic hydroxyl groups is 1. The number of aliphatic hydroxyl groups excluding tert-OH is 1. The summed E-state index contributed by atoms with van der Waals surface area (Å²) in [5.41, 5.74) is 2.04. The Morgan fingerprint density at radius 3 is 1.73 bits per heavy atom. The zero-order valence-electron chi connectivity index (χ0n) is 18.1. The molecule has 0 spiro atoms. The van der Waals surface area contributed by atoms with Crippen LogP contribution in [-0.2, 0) is 21.6 Å². The van der Waals surface area contributed by atoms with E-state index < -0.39 is 32.3 Å². The number of rotatable bonds is 10. The molecule has 30 heavy (non-hydrogen) atoms. The maximum absolute atomic E-state index is 13.4. The lowest BCUT2D eigenvalue weighted by Crippen LogP contribution is -2.35. The van der Waals surface area contributed by atoms with E-state index in [1.807, 2.05) is 38.1 Å². The van der Waals surface area contributed by atoms with E-state index >= 15 is 0 Å². The third kappa shape index (κ3) is 7.26. The molecule has 0 saturated carbocycles. The van der Waals surface area contributed by atoms with Crippen LogP contribution in [0, 0.1) is 19.3 Å². The van der Waals surface area contributed by atoms with Crippen LogP contribution in [0.5, 0.6) is 0 Å². The fourth-order valence-electron chi connectivity index (χ4n) is 3.26. The summed E-state index contributed by atoms with van der Waals surface area (Å²) in [6, 6.07) is 14.7. The summed E-state index contributed by atoms with van der Waals surface area (Å²) in [4.78, 5) is 1.16. The summed E-state index contributed by atoms with van der Waals surface area (Å²) in [7, 11) is -3.22. The Hall–Kier alpha value is -1.08. The molecule has 0 aliphatic carbocycles. The molecule has 0 bridgehead atoms. The summed E-state index contributed by atoms with van der Waals surface area (Å²) < 4.78 is 26.8. The molecule has 3 atom stereocenters. The first kappa shape index (κ1) is 25.2. The number of hydrogen-bond donors (Lipinski definition) is 1. The van der Waals surface area contributed by atoms with Gasteiger partial charge in [-0.3, -0.25) is 8.42 Å². The van der Waals surface area contributed by atoms with E-state index in [1.165, 1.54) is 0 Å². The van der Waals surface area contributed by atoms with Crippen molar-refractivity contribution in [2.75, 3.05) is 0 Å². The van der Waals surface area contributed by atoms with Gasteiger partial charge in [0.1, 0.15) is 4.58 Å². The first-order valence-corrected chi connectivity index (χ1v) is 13.2. The second kappa shape index (κ2) is 11.0. The Morgan fingerprint density at radius 2 is 1.37 bits per heavy atom. The molecule has 3 nitrogen and oxygen atoms in total. The van der Waals surface area contributed by atoms with Crippen LogP contribution in [0.2, 0.25) is 0 Å². The lowest BCUT2D eigenvalue weighted by atomic mass is 9.83. The molecule has 0 amide bonds. The molecule has 2 rings (SSSR count). The Kier molecular flexibility index (Phi) is 9.22. The van der Waals surface area contributed by atoms with Crippen LogP contribution < -0.4 is 0 Å². The zero-order valence-corrected chi connectivity index (χ0v) is 21.3. The Morgan fingerprint density at radius 1 is 0.967 bits per heavy atom. The van der Waals surface area contributed by atoms with E-state index in [1.54, 1.807) is 24.3 Å². The summed E-state index contributed by atoms with van der Waals surface area (Å²) in [6.45, 7) is 12.0. The molecule has 0 heterocycles. The largest absolute Gasteiger partial charge is 0.391 e. The Bertz CT molecular complexity index is 848. The predicted octanol–water partition coefficient (Wildman–Crippen LogP) is 6.01. The fraction of sp³-hybridized carbons (Fsp3) is 0.417. The van der Waals surface area contributed by atoms with Gasteiger partial charge in [-0.2, -0.15) is 0 Å². The highest BCUT2D eigenvalue weighted by Crippen LogP contribution is 2.34. The quantitative estimate of drug-likeness (QED) is 0.425. The molecule has 2 aromatic carbocycles. The summed E-state index contributed by atoms with van der Waals surface area (Å²) in [6.07, 6.45) is 0.919. The van der Waals surface area contributed by atoms with Crippen molar-refractivity contribution in [3.8, 4) is 0 Å². The maximum atomic E-state index is 13.4. The minimum Gasteiger partial charge on any atom is -0.391 e. The van der Waals surface area contributed by atoms with Crippen molar-refractivity contribution >= 4 is 37.5 Å². The van der Waals surface area contributed by atoms with Crippen LogP contribution >= 0.6 is 15.9 Å². The van der Waals surface area contributed by atoms with E-state index in [2.05, 4.69) is 36.4 Å². The lowest BCUT2D eigenvalue weighted by Gasteiger charge is -2.28. The number of aryl methyl sites for hydroxylation is 2. The van der Waals surface area contributed by atoms with E-state index in [9.17, 15) is 13.5 Å². The molecular formula is C24H31BrO3S2. The van der Waals surface area contributed by atoms with Crippen LogP contribution in [0.15, 0.2) is 69.4 Å². The van der Waals surface area contributed by atoms with Crippen LogP contribution in [0.3, 0.4) is 0 Å². The normalized spacial score (nSPS) is 15.0. The molecule has 0 aliphatic rings. The van der Waals surface area contributed by atoms with Crippen molar-refractivity contribution in [1.29, 1.82) is 0 Å². The van der Waals surface area contributed by atoms with Gasteiger partial charge in [0.2, 0.25) is 0 Å². The van der Waals surface area contributed by atoms with Crippen molar-refractivity contribution in [2.24, 2.45) is 5.41 Å². The zero-order chi connectivity index (χ0) is 22.5. The van der Waals surface area contributed by atoms with Crippen LogP contribution in [0.1, 0.15) is 44.2 Å². The predicted molar refractivity (Wildman–Crippen MR) is 131 cm³/mol. The van der Waals surface area contributed by atoms with Crippen LogP contribution in [0.25, 0.3) is 0 Å². The van der Waals surface area contributed by atoms with Gasteiger partial charge in [-0.1, -0.05) is 71.7 Å². The van der Waals surface area contributed by atoms with Gasteiger partial charge in [-0.15, -0.1) is 0 Å². The third-order valence-electron chi connectivity index (χ3n) is 5.03. The van der Waals surface area contributed by atoms with Gasteiger partial charge in [0.15, 0.2) is 0 Å². The van der Waals surface area contributed by atoms with Gasteiger partial charge in [0.05, 0.1) is 27.7 Å². The SMILES string of the molecule is C=C(Br)CC(C)(C)CC[C@H](O)C([S@@](=O)c1ccc(C)cc1)[S@@](=O)c1ccc(C)cc1. The molecule has 0 unspecified atom stereocenters. The minimum atomic E-state index is -1.61. The molecule has 0 radical (unpaired) electrons. The molecule has 164 valence electrons. The molecule has 0 fully saturated rings. The molecular weight excluding hydrogens is 480 g/mol. The smallest absolute Gasteiger partial charge is 0.145 e. The van der Waals surface area contributed by atoms with Crippen molar-refractivity contribution < 1.29 is 13.5 Å². The highest BCUT2D eigenvalue weighted by molar-refractivity contribution is 9.11. The van der Waals surface area contributed by atoms with Crippen molar-refractivity contribution in [1.82, 2.24) is 0 Å². The van der Waals surface area contributed by atoms with E-state index in [-0.39, 0.29) is 5.41 Å². The van der Waals surface area contributed by atoms with Gasteiger partial charge in [-0.25, -0.2) is 0 Å². The molecule has 2 aromatic rings. The van der Waals surface area contributed by atoms with E-state index in [4.69, 9.17) is 0 Å². The molecule has 1 N–H and O–H groups in total. The van der Waals surface area contributed by atoms with Gasteiger partial charge >= 0.3 is 0 Å². The lowest BCUT2D eigenvalue weighted by molar-refractivity contribution is 0.155. The Balaban J connectivity index is 2.31. The van der Waals surface area contributed by atoms with Gasteiger partial charge in [-0.05, 0) is 67.3 Å². The van der Waals surface area contributed by atoms with Crippen LogP contribution in [0.4, 0.5) is 0 Å². The molecule has 0 aromatic heterocycles. The van der Waals surface area contributed by atoms with E-state index in [0.29, 0.717) is 22.6 Å². The second-order valence-corrected chi connectivity index (χ2v) is 13.1. The number of benzene rings is 2. The third-order valence-corrected chi connectivity index (χ3v) is 9.30. The average Bonchev–Trinajstić information content (AvgIpc) is 2.66. The number of hydrogen-bond acceptors (Lipinski definition) is 3. The molecule has 0 saturated heterocycles. The maximum Gasteiger partial charge on any atom is 0.145 e. The molecule has 0 aliphatic heterocycles.